The second kappa shape index (κ2) is 7.96. The van der Waals surface area contributed by atoms with Crippen LogP contribution in [0.5, 0.6) is 0 Å². The van der Waals surface area contributed by atoms with E-state index in [2.05, 4.69) is 4.72 Å². The van der Waals surface area contributed by atoms with E-state index in [4.69, 9.17) is 15.6 Å². The summed E-state index contributed by atoms with van der Waals surface area (Å²) in [4.78, 5) is 10.7. The van der Waals surface area contributed by atoms with Crippen LogP contribution in [-0.4, -0.2) is 39.3 Å². The lowest BCUT2D eigenvalue weighted by molar-refractivity contribution is 0.0692. The van der Waals surface area contributed by atoms with E-state index in [-0.39, 0.29) is 22.7 Å². The van der Waals surface area contributed by atoms with Gasteiger partial charge in [-0.05, 0) is 31.0 Å². The fourth-order valence-corrected chi connectivity index (χ4v) is 2.95. The summed E-state index contributed by atoms with van der Waals surface area (Å²) < 4.78 is 31.8. The number of rotatable bonds is 9. The molecule has 1 aromatic rings. The molecule has 0 heterocycles. The molecule has 1 aromatic carbocycles. The summed E-state index contributed by atoms with van der Waals surface area (Å²) in [5.41, 5.74) is 5.41. The van der Waals surface area contributed by atoms with Crippen molar-refractivity contribution in [3.05, 3.63) is 23.8 Å². The van der Waals surface area contributed by atoms with Gasteiger partial charge in [0.05, 0.1) is 10.5 Å². The van der Waals surface area contributed by atoms with Crippen LogP contribution in [0.1, 0.15) is 30.1 Å². The van der Waals surface area contributed by atoms with Gasteiger partial charge in [0.2, 0.25) is 10.0 Å². The number of hydrogen-bond donors (Lipinski definition) is 3. The quantitative estimate of drug-likeness (QED) is 0.463. The zero-order valence-electron chi connectivity index (χ0n) is 11.8. The molecule has 0 fully saturated rings. The monoisotopic (exact) mass is 316 g/mol. The number of anilines is 1. The molecule has 0 unspecified atom stereocenters. The first-order valence-corrected chi connectivity index (χ1v) is 8.07. The molecule has 118 valence electrons. The van der Waals surface area contributed by atoms with Gasteiger partial charge >= 0.3 is 5.97 Å². The Morgan fingerprint density at radius 1 is 1.38 bits per heavy atom. The minimum atomic E-state index is -3.92. The Kier molecular flexibility index (Phi) is 6.60. The molecule has 1 rings (SSSR count). The summed E-state index contributed by atoms with van der Waals surface area (Å²) in [6.07, 6.45) is 1.40. The van der Waals surface area contributed by atoms with Gasteiger partial charge < -0.3 is 15.6 Å². The summed E-state index contributed by atoms with van der Waals surface area (Å²) in [5.74, 6) is -1.32. The Bertz CT molecular complexity index is 586. The van der Waals surface area contributed by atoms with Crippen LogP contribution in [0.25, 0.3) is 0 Å². The number of sulfonamides is 1. The first-order chi connectivity index (χ1) is 9.88. The molecule has 0 bridgehead atoms. The Morgan fingerprint density at radius 3 is 2.71 bits per heavy atom. The first-order valence-electron chi connectivity index (χ1n) is 6.58. The van der Waals surface area contributed by atoms with Gasteiger partial charge in [0.25, 0.3) is 0 Å². The van der Waals surface area contributed by atoms with Crippen molar-refractivity contribution in [2.24, 2.45) is 0 Å². The molecule has 0 aliphatic carbocycles. The molecule has 0 saturated carbocycles. The van der Waals surface area contributed by atoms with Gasteiger partial charge in [0.15, 0.2) is 0 Å². The molecule has 0 aliphatic heterocycles. The van der Waals surface area contributed by atoms with E-state index in [0.29, 0.717) is 19.6 Å². The fraction of sp³-hybridized carbons (Fsp3) is 0.462. The zero-order valence-corrected chi connectivity index (χ0v) is 12.6. The van der Waals surface area contributed by atoms with Crippen molar-refractivity contribution in [2.45, 2.75) is 24.7 Å². The highest BCUT2D eigenvalue weighted by Crippen LogP contribution is 2.19. The lowest BCUT2D eigenvalue weighted by Gasteiger charge is -2.10. The average Bonchev–Trinajstić information content (AvgIpc) is 2.42. The van der Waals surface area contributed by atoms with Crippen LogP contribution < -0.4 is 10.5 Å². The first kappa shape index (κ1) is 17.4. The van der Waals surface area contributed by atoms with Gasteiger partial charge in [-0.15, -0.1) is 0 Å². The van der Waals surface area contributed by atoms with Crippen molar-refractivity contribution in [1.82, 2.24) is 4.72 Å². The van der Waals surface area contributed by atoms with Crippen LogP contribution in [0.15, 0.2) is 23.1 Å². The zero-order chi connectivity index (χ0) is 15.9. The van der Waals surface area contributed by atoms with Crippen LogP contribution >= 0.6 is 0 Å². The number of carboxylic acid groups (broad SMARTS) is 1. The SMILES string of the molecule is CCCOCCCNS(=O)(=O)c1cc(N)ccc1C(=O)O. The minimum Gasteiger partial charge on any atom is -0.478 e. The predicted octanol–water partition coefficient (Wildman–Crippen LogP) is 1.06. The highest BCUT2D eigenvalue weighted by molar-refractivity contribution is 7.89. The van der Waals surface area contributed by atoms with Crippen molar-refractivity contribution in [3.63, 3.8) is 0 Å². The third kappa shape index (κ3) is 5.33. The summed E-state index contributed by atoms with van der Waals surface area (Å²) in [5, 5.41) is 9.04. The number of nitrogens with two attached hydrogens (primary N) is 1. The maximum atomic E-state index is 12.1. The molecule has 8 heteroatoms. The van der Waals surface area contributed by atoms with Crippen LogP contribution in [0.3, 0.4) is 0 Å². The van der Waals surface area contributed by atoms with E-state index in [1.54, 1.807) is 0 Å². The highest BCUT2D eigenvalue weighted by Gasteiger charge is 2.22. The number of nitrogen functional groups attached to an aromatic ring is 1. The van der Waals surface area contributed by atoms with Crippen LogP contribution in [-0.2, 0) is 14.8 Å². The lowest BCUT2D eigenvalue weighted by Crippen LogP contribution is -2.27. The highest BCUT2D eigenvalue weighted by atomic mass is 32.2. The lowest BCUT2D eigenvalue weighted by atomic mass is 10.2. The molecule has 0 spiro atoms. The summed E-state index contributed by atoms with van der Waals surface area (Å²) in [6, 6.07) is 3.66. The maximum absolute atomic E-state index is 12.1. The molecule has 0 saturated heterocycles. The number of benzene rings is 1. The summed E-state index contributed by atoms with van der Waals surface area (Å²) in [6.45, 7) is 3.22. The number of carboxylic acids is 1. The van der Waals surface area contributed by atoms with E-state index in [9.17, 15) is 13.2 Å². The molecular formula is C13H20N2O5S. The van der Waals surface area contributed by atoms with E-state index in [1.165, 1.54) is 12.1 Å². The van der Waals surface area contributed by atoms with Crippen molar-refractivity contribution in [2.75, 3.05) is 25.5 Å². The minimum absolute atomic E-state index is 0.167. The molecule has 0 aromatic heterocycles. The van der Waals surface area contributed by atoms with Gasteiger partial charge in [-0.1, -0.05) is 6.92 Å². The number of aromatic carboxylic acids is 1. The Labute approximate surface area is 124 Å². The predicted molar refractivity (Wildman–Crippen MR) is 78.7 cm³/mol. The number of carbonyl (C=O) groups is 1. The average molecular weight is 316 g/mol. The summed E-state index contributed by atoms with van der Waals surface area (Å²) in [7, 11) is -3.92. The van der Waals surface area contributed by atoms with E-state index in [0.717, 1.165) is 12.5 Å². The number of ether oxygens (including phenoxy) is 1. The molecule has 7 nitrogen and oxygen atoms in total. The standard InChI is InChI=1S/C13H20N2O5S/c1-2-7-20-8-3-6-15-21(18,19)12-9-10(14)4-5-11(12)13(16)17/h4-5,9,15H,2-3,6-8,14H2,1H3,(H,16,17). The molecule has 0 radical (unpaired) electrons. The van der Waals surface area contributed by atoms with Crippen LogP contribution in [0.2, 0.25) is 0 Å². The van der Waals surface area contributed by atoms with Gasteiger partial charge in [-0.25, -0.2) is 17.9 Å². The largest absolute Gasteiger partial charge is 0.478 e. The molecule has 0 aliphatic rings. The van der Waals surface area contributed by atoms with Crippen molar-refractivity contribution >= 4 is 21.7 Å². The summed E-state index contributed by atoms with van der Waals surface area (Å²) >= 11 is 0. The fourth-order valence-electron chi connectivity index (χ4n) is 1.64. The van der Waals surface area contributed by atoms with Crippen LogP contribution in [0, 0.1) is 0 Å². The normalized spacial score (nSPS) is 11.5. The van der Waals surface area contributed by atoms with E-state index in [1.807, 2.05) is 6.92 Å². The smallest absolute Gasteiger partial charge is 0.337 e. The topological polar surface area (TPSA) is 119 Å². The van der Waals surface area contributed by atoms with E-state index >= 15 is 0 Å². The third-order valence-corrected chi connectivity index (χ3v) is 4.13. The van der Waals surface area contributed by atoms with E-state index < -0.39 is 16.0 Å². The van der Waals surface area contributed by atoms with Crippen molar-refractivity contribution in [3.8, 4) is 0 Å². The van der Waals surface area contributed by atoms with Gasteiger partial charge in [0, 0.05) is 25.4 Å². The molecule has 4 N–H and O–H groups in total. The molecule has 21 heavy (non-hydrogen) atoms. The second-order valence-electron chi connectivity index (χ2n) is 4.42. The Morgan fingerprint density at radius 2 is 2.10 bits per heavy atom. The molecular weight excluding hydrogens is 296 g/mol. The Balaban J connectivity index is 2.74. The van der Waals surface area contributed by atoms with Gasteiger partial charge in [-0.2, -0.15) is 0 Å². The number of hydrogen-bond acceptors (Lipinski definition) is 5. The van der Waals surface area contributed by atoms with Gasteiger partial charge in [-0.3, -0.25) is 0 Å². The third-order valence-electron chi connectivity index (χ3n) is 2.63. The van der Waals surface area contributed by atoms with Crippen molar-refractivity contribution in [1.29, 1.82) is 0 Å². The Hall–Kier alpha value is -1.64. The van der Waals surface area contributed by atoms with Crippen molar-refractivity contribution < 1.29 is 23.1 Å². The molecule has 0 atom stereocenters. The second-order valence-corrected chi connectivity index (χ2v) is 6.16. The van der Waals surface area contributed by atoms with Crippen LogP contribution in [0.4, 0.5) is 5.69 Å². The maximum Gasteiger partial charge on any atom is 0.337 e. The molecule has 0 amide bonds. The van der Waals surface area contributed by atoms with Gasteiger partial charge in [0.1, 0.15) is 0 Å². The number of nitrogens with one attached hydrogen (secondary N) is 1.